The van der Waals surface area contributed by atoms with Crippen molar-refractivity contribution >= 4 is 28.1 Å². The molecule has 1 aromatic heterocycles. The predicted molar refractivity (Wildman–Crippen MR) is 152 cm³/mol. The van der Waals surface area contributed by atoms with E-state index in [0.29, 0.717) is 19.0 Å². The largest absolute Gasteiger partial charge is 0.491 e. The van der Waals surface area contributed by atoms with Crippen LogP contribution in [0.4, 0.5) is 17.2 Å². The zero-order valence-electron chi connectivity index (χ0n) is 21.4. The lowest BCUT2D eigenvalue weighted by Gasteiger charge is -2.26. The average molecular weight is 512 g/mol. The van der Waals surface area contributed by atoms with Crippen molar-refractivity contribution in [1.29, 1.82) is 0 Å². The van der Waals surface area contributed by atoms with Gasteiger partial charge in [-0.25, -0.2) is 9.97 Å². The van der Waals surface area contributed by atoms with Gasteiger partial charge in [0.2, 0.25) is 0 Å². The number of morpholine rings is 1. The summed E-state index contributed by atoms with van der Waals surface area (Å²) in [6.07, 6.45) is 4.34. The standard InChI is InChI=1S/C30H33N5O3/c1-2-13-31-28-20-26-27(21-29(28)37-17-6-14-35-15-18-36-19-16-35)32-22-33-30(26)34-23-9-11-25(12-10-23)38-24-7-4-3-5-8-24/h2-5,7-12,20-22,31H,1,6,13-19H2,(H,32,33,34). The molecule has 0 radical (unpaired) electrons. The van der Waals surface area contributed by atoms with Crippen molar-refractivity contribution in [3.05, 3.63) is 85.7 Å². The maximum absolute atomic E-state index is 6.20. The van der Waals surface area contributed by atoms with E-state index in [9.17, 15) is 0 Å². The Labute approximate surface area is 223 Å². The summed E-state index contributed by atoms with van der Waals surface area (Å²) in [4.78, 5) is 11.4. The van der Waals surface area contributed by atoms with Crippen LogP contribution in [0.5, 0.6) is 17.2 Å². The highest BCUT2D eigenvalue weighted by Gasteiger charge is 2.13. The van der Waals surface area contributed by atoms with E-state index in [4.69, 9.17) is 14.2 Å². The maximum atomic E-state index is 6.20. The van der Waals surface area contributed by atoms with E-state index in [0.717, 1.165) is 78.8 Å². The quantitative estimate of drug-likeness (QED) is 0.181. The first-order valence-electron chi connectivity index (χ1n) is 12.9. The van der Waals surface area contributed by atoms with Gasteiger partial charge in [0.1, 0.15) is 29.4 Å². The van der Waals surface area contributed by atoms with Crippen molar-refractivity contribution in [2.75, 3.05) is 56.6 Å². The molecule has 8 nitrogen and oxygen atoms in total. The van der Waals surface area contributed by atoms with Crippen LogP contribution in [-0.4, -0.2) is 60.9 Å². The van der Waals surface area contributed by atoms with E-state index in [1.165, 1.54) is 0 Å². The van der Waals surface area contributed by atoms with Crippen LogP contribution in [0.1, 0.15) is 6.42 Å². The number of para-hydroxylation sites is 1. The third-order valence-electron chi connectivity index (χ3n) is 6.25. The van der Waals surface area contributed by atoms with Gasteiger partial charge in [-0.2, -0.15) is 0 Å². The van der Waals surface area contributed by atoms with E-state index in [1.54, 1.807) is 6.33 Å². The van der Waals surface area contributed by atoms with Crippen LogP contribution in [0.3, 0.4) is 0 Å². The fourth-order valence-corrected chi connectivity index (χ4v) is 4.29. The minimum Gasteiger partial charge on any atom is -0.491 e. The molecule has 0 unspecified atom stereocenters. The van der Waals surface area contributed by atoms with Gasteiger partial charge in [-0.05, 0) is 48.9 Å². The Morgan fingerprint density at radius 3 is 2.55 bits per heavy atom. The fourth-order valence-electron chi connectivity index (χ4n) is 4.29. The van der Waals surface area contributed by atoms with Crippen molar-refractivity contribution in [3.63, 3.8) is 0 Å². The molecule has 2 N–H and O–H groups in total. The summed E-state index contributed by atoms with van der Waals surface area (Å²) in [6.45, 7) is 9.66. The number of aromatic nitrogens is 2. The Morgan fingerprint density at radius 1 is 0.974 bits per heavy atom. The van der Waals surface area contributed by atoms with Crippen LogP contribution in [0.2, 0.25) is 0 Å². The number of rotatable bonds is 12. The van der Waals surface area contributed by atoms with Crippen molar-refractivity contribution in [3.8, 4) is 17.2 Å². The molecule has 1 saturated heterocycles. The van der Waals surface area contributed by atoms with Crippen LogP contribution < -0.4 is 20.1 Å². The van der Waals surface area contributed by atoms with Gasteiger partial charge in [0.25, 0.3) is 0 Å². The lowest BCUT2D eigenvalue weighted by molar-refractivity contribution is 0.0358. The van der Waals surface area contributed by atoms with Gasteiger partial charge in [-0.15, -0.1) is 6.58 Å². The monoisotopic (exact) mass is 511 g/mol. The number of ether oxygens (including phenoxy) is 3. The molecule has 1 fully saturated rings. The predicted octanol–water partition coefficient (Wildman–Crippen LogP) is 5.86. The normalized spacial score (nSPS) is 13.7. The number of fused-ring (bicyclic) bond motifs is 1. The molecule has 0 amide bonds. The van der Waals surface area contributed by atoms with Gasteiger partial charge in [0.05, 0.1) is 31.0 Å². The molecule has 5 rings (SSSR count). The van der Waals surface area contributed by atoms with Crippen molar-refractivity contribution in [2.24, 2.45) is 0 Å². The van der Waals surface area contributed by atoms with E-state index < -0.39 is 0 Å². The number of anilines is 3. The van der Waals surface area contributed by atoms with Gasteiger partial charge in [-0.3, -0.25) is 4.90 Å². The molecule has 1 aliphatic rings. The first kappa shape index (κ1) is 25.5. The molecular formula is C30H33N5O3. The first-order valence-corrected chi connectivity index (χ1v) is 12.9. The molecule has 0 atom stereocenters. The van der Waals surface area contributed by atoms with Gasteiger partial charge < -0.3 is 24.8 Å². The smallest absolute Gasteiger partial charge is 0.144 e. The lowest BCUT2D eigenvalue weighted by Crippen LogP contribution is -2.37. The fraction of sp³-hybridized carbons (Fsp3) is 0.267. The second kappa shape index (κ2) is 12.9. The van der Waals surface area contributed by atoms with Crippen LogP contribution >= 0.6 is 0 Å². The second-order valence-corrected chi connectivity index (χ2v) is 8.98. The topological polar surface area (TPSA) is 80.8 Å². The van der Waals surface area contributed by atoms with Crippen molar-refractivity contribution in [1.82, 2.24) is 14.9 Å². The van der Waals surface area contributed by atoms with E-state index >= 15 is 0 Å². The molecule has 4 aromatic rings. The number of nitrogens with one attached hydrogen (secondary N) is 2. The van der Waals surface area contributed by atoms with Gasteiger partial charge in [-0.1, -0.05) is 24.3 Å². The third kappa shape index (κ3) is 6.79. The summed E-state index contributed by atoms with van der Waals surface area (Å²) < 4.78 is 17.5. The zero-order valence-corrected chi connectivity index (χ0v) is 21.4. The average Bonchev–Trinajstić information content (AvgIpc) is 2.96. The molecular weight excluding hydrogens is 478 g/mol. The molecule has 196 valence electrons. The molecule has 8 heteroatoms. The van der Waals surface area contributed by atoms with Crippen LogP contribution in [0.15, 0.2) is 85.7 Å². The van der Waals surface area contributed by atoms with E-state index in [2.05, 4.69) is 32.1 Å². The van der Waals surface area contributed by atoms with Gasteiger partial charge in [0.15, 0.2) is 0 Å². The third-order valence-corrected chi connectivity index (χ3v) is 6.25. The Morgan fingerprint density at radius 2 is 1.76 bits per heavy atom. The molecule has 1 aliphatic heterocycles. The Kier molecular flexibility index (Phi) is 8.66. The lowest BCUT2D eigenvalue weighted by atomic mass is 10.1. The Hall–Kier alpha value is -4.14. The summed E-state index contributed by atoms with van der Waals surface area (Å²) in [5.41, 5.74) is 2.58. The van der Waals surface area contributed by atoms with Crippen LogP contribution in [-0.2, 0) is 4.74 Å². The van der Waals surface area contributed by atoms with E-state index in [1.807, 2.05) is 72.8 Å². The van der Waals surface area contributed by atoms with Crippen molar-refractivity contribution < 1.29 is 14.2 Å². The number of benzene rings is 3. The SMILES string of the molecule is C=CCNc1cc2c(Nc3ccc(Oc4ccccc4)cc3)ncnc2cc1OCCCN1CCOCC1. The first-order chi connectivity index (χ1) is 18.8. The molecule has 0 bridgehead atoms. The highest BCUT2D eigenvalue weighted by molar-refractivity contribution is 5.94. The highest BCUT2D eigenvalue weighted by Crippen LogP contribution is 2.34. The summed E-state index contributed by atoms with van der Waals surface area (Å²) in [5, 5.41) is 7.71. The molecule has 0 saturated carbocycles. The van der Waals surface area contributed by atoms with Crippen molar-refractivity contribution in [2.45, 2.75) is 6.42 Å². The number of nitrogens with zero attached hydrogens (tertiary/aromatic N) is 3. The molecule has 2 heterocycles. The minimum absolute atomic E-state index is 0.620. The van der Waals surface area contributed by atoms with Crippen LogP contribution in [0, 0.1) is 0 Å². The Bertz CT molecular complexity index is 1330. The summed E-state index contributed by atoms with van der Waals surface area (Å²) in [6, 6.07) is 21.5. The number of hydrogen-bond donors (Lipinski definition) is 2. The molecule has 0 spiro atoms. The maximum Gasteiger partial charge on any atom is 0.144 e. The van der Waals surface area contributed by atoms with Crippen LogP contribution in [0.25, 0.3) is 10.9 Å². The Balaban J connectivity index is 1.29. The van der Waals surface area contributed by atoms with E-state index in [-0.39, 0.29) is 0 Å². The molecule has 3 aromatic carbocycles. The second-order valence-electron chi connectivity index (χ2n) is 8.98. The summed E-state index contributed by atoms with van der Waals surface area (Å²) in [5.74, 6) is 3.05. The highest BCUT2D eigenvalue weighted by atomic mass is 16.5. The minimum atomic E-state index is 0.620. The van der Waals surface area contributed by atoms with Gasteiger partial charge >= 0.3 is 0 Å². The summed E-state index contributed by atoms with van der Waals surface area (Å²) in [7, 11) is 0. The van der Waals surface area contributed by atoms with Gasteiger partial charge in [0, 0.05) is 43.3 Å². The molecule has 38 heavy (non-hydrogen) atoms. The summed E-state index contributed by atoms with van der Waals surface area (Å²) >= 11 is 0. The number of hydrogen-bond acceptors (Lipinski definition) is 8. The molecule has 0 aliphatic carbocycles. The zero-order chi connectivity index (χ0) is 26.0.